The van der Waals surface area contributed by atoms with E-state index in [1.54, 1.807) is 24.3 Å². The summed E-state index contributed by atoms with van der Waals surface area (Å²) in [7, 11) is 0. The van der Waals surface area contributed by atoms with Gasteiger partial charge in [-0.3, -0.25) is 14.4 Å². The lowest BCUT2D eigenvalue weighted by molar-refractivity contribution is -0.140. The van der Waals surface area contributed by atoms with E-state index in [1.807, 2.05) is 30.0 Å². The molecule has 0 fully saturated rings. The van der Waals surface area contributed by atoms with E-state index in [4.69, 9.17) is 11.5 Å². The molecule has 0 aliphatic carbocycles. The Morgan fingerprint density at radius 2 is 1.91 bits per heavy atom. The Morgan fingerprint density at radius 1 is 1.20 bits per heavy atom. The molecule has 1 aliphatic rings. The highest BCUT2D eigenvalue weighted by molar-refractivity contribution is 6.03. The number of fused-ring (bicyclic) bond motifs is 1. The maximum atomic E-state index is 12.5. The molecule has 2 aromatic rings. The number of ketones is 1. The topological polar surface area (TPSA) is 136 Å². The van der Waals surface area contributed by atoms with Crippen LogP contribution in [0.15, 0.2) is 42.5 Å². The number of aliphatic carboxylic acids is 2. The molecule has 0 bridgehead atoms. The van der Waals surface area contributed by atoms with Crippen molar-refractivity contribution in [3.8, 4) is 12.3 Å². The zero-order valence-electron chi connectivity index (χ0n) is 19.3. The Hall–Kier alpha value is -4.32. The number of terminal acetylenes is 1. The lowest BCUT2D eigenvalue weighted by Gasteiger charge is -2.26. The van der Waals surface area contributed by atoms with Gasteiger partial charge in [0.2, 0.25) is 0 Å². The number of carboxylic acids is 2. The van der Waals surface area contributed by atoms with Crippen LogP contribution in [0, 0.1) is 12.3 Å². The normalized spacial score (nSPS) is 15.2. The number of amides is 1. The molecule has 1 unspecified atom stereocenters. The third-order valence-corrected chi connectivity index (χ3v) is 5.68. The number of carbonyl (C=O) groups excluding carboxylic acids is 2. The summed E-state index contributed by atoms with van der Waals surface area (Å²) in [5.41, 5.74) is 3.36. The molecule has 2 atom stereocenters. The zero-order chi connectivity index (χ0) is 25.5. The summed E-state index contributed by atoms with van der Waals surface area (Å²) in [5, 5.41) is 23.7. The van der Waals surface area contributed by atoms with Crippen LogP contribution in [0.2, 0.25) is 0 Å². The summed E-state index contributed by atoms with van der Waals surface area (Å²) in [6.45, 7) is 2.70. The Balaban J connectivity index is 1.72. The summed E-state index contributed by atoms with van der Waals surface area (Å²) < 4.78 is 0. The highest BCUT2D eigenvalue weighted by Gasteiger charge is 2.23. The van der Waals surface area contributed by atoms with Crippen molar-refractivity contribution >= 4 is 35.0 Å². The van der Waals surface area contributed by atoms with Gasteiger partial charge in [0.25, 0.3) is 5.91 Å². The van der Waals surface area contributed by atoms with E-state index in [2.05, 4.69) is 16.6 Å². The molecule has 35 heavy (non-hydrogen) atoms. The van der Waals surface area contributed by atoms with E-state index in [0.29, 0.717) is 25.1 Å². The predicted molar refractivity (Wildman–Crippen MR) is 131 cm³/mol. The molecule has 1 heterocycles. The molecule has 0 radical (unpaired) electrons. The van der Waals surface area contributed by atoms with Crippen molar-refractivity contribution in [2.75, 3.05) is 16.8 Å². The van der Waals surface area contributed by atoms with E-state index in [0.717, 1.165) is 16.9 Å². The van der Waals surface area contributed by atoms with E-state index in [-0.39, 0.29) is 30.2 Å². The van der Waals surface area contributed by atoms with Crippen LogP contribution in [0.4, 0.5) is 11.4 Å². The lowest BCUT2D eigenvalue weighted by atomic mass is 9.95. The van der Waals surface area contributed by atoms with Gasteiger partial charge in [0.1, 0.15) is 6.04 Å². The minimum Gasteiger partial charge on any atom is -0.481 e. The smallest absolute Gasteiger partial charge is 0.326 e. The van der Waals surface area contributed by atoms with Crippen LogP contribution >= 0.6 is 0 Å². The van der Waals surface area contributed by atoms with E-state index in [1.165, 1.54) is 0 Å². The zero-order valence-corrected chi connectivity index (χ0v) is 19.3. The highest BCUT2D eigenvalue weighted by Crippen LogP contribution is 2.27. The number of nitrogens with one attached hydrogen (secondary N) is 2. The van der Waals surface area contributed by atoms with E-state index >= 15 is 0 Å². The monoisotopic (exact) mass is 477 g/mol. The van der Waals surface area contributed by atoms with Crippen molar-refractivity contribution in [1.29, 1.82) is 0 Å². The molecular weight excluding hydrogens is 450 g/mol. The maximum absolute atomic E-state index is 12.5. The average molecular weight is 478 g/mol. The highest BCUT2D eigenvalue weighted by atomic mass is 16.4. The molecule has 182 valence electrons. The molecule has 0 saturated heterocycles. The summed E-state index contributed by atoms with van der Waals surface area (Å²) in [6.07, 6.45) is 5.41. The Bertz CT molecular complexity index is 1170. The number of carbonyl (C=O) groups is 4. The molecule has 2 aromatic carbocycles. The van der Waals surface area contributed by atoms with Crippen molar-refractivity contribution in [1.82, 2.24) is 5.32 Å². The van der Waals surface area contributed by atoms with Crippen LogP contribution < -0.4 is 15.5 Å². The van der Waals surface area contributed by atoms with Crippen molar-refractivity contribution in [2.24, 2.45) is 0 Å². The summed E-state index contributed by atoms with van der Waals surface area (Å²) in [4.78, 5) is 48.9. The molecule has 9 heteroatoms. The minimum absolute atomic E-state index is 0.0926. The second-order valence-corrected chi connectivity index (χ2v) is 8.46. The Kier molecular flexibility index (Phi) is 8.10. The molecular formula is C26H27N3O6. The predicted octanol–water partition coefficient (Wildman–Crippen LogP) is 2.76. The number of anilines is 2. The number of benzene rings is 2. The molecule has 4 N–H and O–H groups in total. The molecule has 3 rings (SSSR count). The first-order chi connectivity index (χ1) is 16.7. The second-order valence-electron chi connectivity index (χ2n) is 8.46. The molecule has 1 amide bonds. The third-order valence-electron chi connectivity index (χ3n) is 5.68. The fourth-order valence-electron chi connectivity index (χ4n) is 3.91. The van der Waals surface area contributed by atoms with Crippen molar-refractivity contribution in [3.63, 3.8) is 0 Å². The second kappa shape index (κ2) is 11.2. The molecule has 0 spiro atoms. The first-order valence-electron chi connectivity index (χ1n) is 11.1. The maximum Gasteiger partial charge on any atom is 0.326 e. The van der Waals surface area contributed by atoms with Crippen LogP contribution in [0.1, 0.15) is 52.5 Å². The van der Waals surface area contributed by atoms with Gasteiger partial charge in [-0.15, -0.1) is 6.42 Å². The SMILES string of the molecule is C#CCN(Cc1ccc2c(c1)C(=O)C[C@H](C)N2)c1ccc(C(=O)NC(CCC(=O)O)C(=O)O)cc1. The quantitative estimate of drug-likeness (QED) is 0.384. The number of carboxylic acid groups (broad SMARTS) is 2. The Labute approximate surface area is 203 Å². The molecule has 1 aliphatic heterocycles. The molecule has 9 nitrogen and oxygen atoms in total. The van der Waals surface area contributed by atoms with Gasteiger partial charge in [-0.2, -0.15) is 0 Å². The van der Waals surface area contributed by atoms with Crippen LogP contribution in [0.5, 0.6) is 0 Å². The van der Waals surface area contributed by atoms with Gasteiger partial charge in [0.15, 0.2) is 5.78 Å². The van der Waals surface area contributed by atoms with Gasteiger partial charge in [-0.25, -0.2) is 4.79 Å². The summed E-state index contributed by atoms with van der Waals surface area (Å²) in [6, 6.07) is 11.0. The Morgan fingerprint density at radius 3 is 2.54 bits per heavy atom. The van der Waals surface area contributed by atoms with Crippen LogP contribution in [-0.4, -0.2) is 52.5 Å². The van der Waals surface area contributed by atoms with E-state index < -0.39 is 23.9 Å². The largest absolute Gasteiger partial charge is 0.481 e. The fraction of sp³-hybridized carbons (Fsp3) is 0.308. The van der Waals surface area contributed by atoms with Gasteiger partial charge in [0.05, 0.1) is 6.54 Å². The van der Waals surface area contributed by atoms with Gasteiger partial charge < -0.3 is 25.7 Å². The van der Waals surface area contributed by atoms with Crippen molar-refractivity contribution in [3.05, 3.63) is 59.2 Å². The summed E-state index contributed by atoms with van der Waals surface area (Å²) in [5.74, 6) is -0.351. The number of rotatable bonds is 10. The van der Waals surface area contributed by atoms with Crippen molar-refractivity contribution < 1.29 is 29.4 Å². The fourth-order valence-corrected chi connectivity index (χ4v) is 3.91. The minimum atomic E-state index is -1.31. The number of hydrogen-bond donors (Lipinski definition) is 4. The first kappa shape index (κ1) is 25.3. The molecule has 0 aromatic heterocycles. The van der Waals surface area contributed by atoms with E-state index in [9.17, 15) is 24.3 Å². The van der Waals surface area contributed by atoms with Gasteiger partial charge in [-0.1, -0.05) is 12.0 Å². The van der Waals surface area contributed by atoms with Crippen LogP contribution in [-0.2, 0) is 16.1 Å². The third kappa shape index (κ3) is 6.60. The summed E-state index contributed by atoms with van der Waals surface area (Å²) >= 11 is 0. The van der Waals surface area contributed by atoms with Gasteiger partial charge in [-0.05, 0) is 55.3 Å². The van der Waals surface area contributed by atoms with Gasteiger partial charge in [0, 0.05) is 47.9 Å². The standard InChI is InChI=1S/C26H27N3O6/c1-3-12-29(15-17-4-9-21-20(14-17)23(30)13-16(2)27-21)19-7-5-18(6-8-19)25(33)28-22(26(34)35)10-11-24(31)32/h1,4-9,14,16,22,27H,10-13,15H2,2H3,(H,28,33)(H,31,32)(H,34,35)/t16-,22?/m0/s1. The van der Waals surface area contributed by atoms with Crippen LogP contribution in [0.25, 0.3) is 0 Å². The number of Topliss-reactive ketones (excluding diaryl/α,β-unsaturated/α-hetero) is 1. The van der Waals surface area contributed by atoms with Gasteiger partial charge >= 0.3 is 11.9 Å². The molecule has 0 saturated carbocycles. The first-order valence-corrected chi connectivity index (χ1v) is 11.1. The average Bonchev–Trinajstić information content (AvgIpc) is 2.81. The van der Waals surface area contributed by atoms with Crippen molar-refractivity contribution in [2.45, 2.75) is 44.8 Å². The number of nitrogens with zero attached hydrogens (tertiary/aromatic N) is 1. The van der Waals surface area contributed by atoms with Crippen LogP contribution in [0.3, 0.4) is 0 Å². The number of hydrogen-bond acceptors (Lipinski definition) is 6. The lowest BCUT2D eigenvalue weighted by Crippen LogP contribution is -2.41.